The number of hydrogen-bond donors (Lipinski definition) is 1. The topological polar surface area (TPSA) is 21.3 Å². The van der Waals surface area contributed by atoms with Crippen LogP contribution >= 0.6 is 0 Å². The third kappa shape index (κ3) is 4.33. The van der Waals surface area contributed by atoms with Gasteiger partial charge >= 0.3 is 0 Å². The monoisotopic (exact) mass is 283 g/mol. The van der Waals surface area contributed by atoms with Crippen molar-refractivity contribution in [2.24, 2.45) is 0 Å². The van der Waals surface area contributed by atoms with Crippen LogP contribution in [-0.4, -0.2) is 6.61 Å². The van der Waals surface area contributed by atoms with Gasteiger partial charge in [-0.3, -0.25) is 0 Å². The fourth-order valence-corrected chi connectivity index (χ4v) is 2.53. The Morgan fingerprint density at radius 2 is 1.62 bits per heavy atom. The van der Waals surface area contributed by atoms with Gasteiger partial charge < -0.3 is 10.1 Å². The molecule has 2 aromatic rings. The van der Waals surface area contributed by atoms with E-state index < -0.39 is 0 Å². The number of ether oxygens (including phenoxy) is 1. The minimum absolute atomic E-state index is 0.302. The van der Waals surface area contributed by atoms with E-state index in [1.54, 1.807) is 0 Å². The zero-order valence-corrected chi connectivity index (χ0v) is 13.4. The molecule has 0 aliphatic rings. The SMILES string of the molecule is CCOc1ccc(C(C)N[C@H](C)c2cccc(C)c2)cc1. The summed E-state index contributed by atoms with van der Waals surface area (Å²) in [6.07, 6.45) is 0. The van der Waals surface area contributed by atoms with Crippen LogP contribution in [0.4, 0.5) is 0 Å². The average Bonchev–Trinajstić information content (AvgIpc) is 2.48. The van der Waals surface area contributed by atoms with Gasteiger partial charge in [-0.05, 0) is 51.0 Å². The number of hydrogen-bond acceptors (Lipinski definition) is 2. The van der Waals surface area contributed by atoms with Gasteiger partial charge in [0.15, 0.2) is 0 Å². The van der Waals surface area contributed by atoms with Crippen molar-refractivity contribution in [3.63, 3.8) is 0 Å². The number of nitrogens with one attached hydrogen (secondary N) is 1. The summed E-state index contributed by atoms with van der Waals surface area (Å²) >= 11 is 0. The molecule has 0 saturated heterocycles. The highest BCUT2D eigenvalue weighted by atomic mass is 16.5. The second kappa shape index (κ2) is 7.28. The van der Waals surface area contributed by atoms with E-state index in [-0.39, 0.29) is 0 Å². The van der Waals surface area contributed by atoms with Gasteiger partial charge in [-0.25, -0.2) is 0 Å². The predicted octanol–water partition coefficient (Wildman–Crippen LogP) is 4.81. The molecule has 0 amide bonds. The number of rotatable bonds is 6. The second-order valence-electron chi connectivity index (χ2n) is 5.53. The minimum atomic E-state index is 0.302. The van der Waals surface area contributed by atoms with E-state index in [4.69, 9.17) is 4.74 Å². The van der Waals surface area contributed by atoms with Gasteiger partial charge in [0.2, 0.25) is 0 Å². The molecule has 0 bridgehead atoms. The maximum atomic E-state index is 5.48. The van der Waals surface area contributed by atoms with Gasteiger partial charge in [-0.2, -0.15) is 0 Å². The molecule has 0 aliphatic carbocycles. The molecule has 0 radical (unpaired) electrons. The van der Waals surface area contributed by atoms with E-state index in [2.05, 4.69) is 62.5 Å². The van der Waals surface area contributed by atoms with Gasteiger partial charge in [0.1, 0.15) is 5.75 Å². The van der Waals surface area contributed by atoms with Gasteiger partial charge in [0.25, 0.3) is 0 Å². The Labute approximate surface area is 128 Å². The van der Waals surface area contributed by atoms with Crippen LogP contribution in [-0.2, 0) is 0 Å². The third-order valence-corrected chi connectivity index (χ3v) is 3.73. The highest BCUT2D eigenvalue weighted by Crippen LogP contribution is 2.22. The minimum Gasteiger partial charge on any atom is -0.494 e. The highest BCUT2D eigenvalue weighted by Gasteiger charge is 2.11. The van der Waals surface area contributed by atoms with Crippen LogP contribution in [0.2, 0.25) is 0 Å². The van der Waals surface area contributed by atoms with Gasteiger partial charge in [0.05, 0.1) is 6.61 Å². The Kier molecular flexibility index (Phi) is 5.40. The van der Waals surface area contributed by atoms with Crippen molar-refractivity contribution in [2.75, 3.05) is 6.61 Å². The first-order valence-electron chi connectivity index (χ1n) is 7.65. The van der Waals surface area contributed by atoms with Crippen LogP contribution in [0, 0.1) is 6.92 Å². The van der Waals surface area contributed by atoms with Crippen LogP contribution in [0.1, 0.15) is 49.5 Å². The molecule has 0 fully saturated rings. The van der Waals surface area contributed by atoms with Crippen molar-refractivity contribution in [3.8, 4) is 5.75 Å². The Morgan fingerprint density at radius 1 is 0.952 bits per heavy atom. The Balaban J connectivity index is 2.01. The summed E-state index contributed by atoms with van der Waals surface area (Å²) in [6.45, 7) is 9.24. The standard InChI is InChI=1S/C19H25NO/c1-5-21-19-11-9-17(10-12-19)15(3)20-16(4)18-8-6-7-14(2)13-18/h6-13,15-16,20H,5H2,1-4H3/t15?,16-/m1/s1. The van der Waals surface area contributed by atoms with Crippen LogP contribution in [0.15, 0.2) is 48.5 Å². The largest absolute Gasteiger partial charge is 0.494 e. The molecule has 112 valence electrons. The lowest BCUT2D eigenvalue weighted by Gasteiger charge is -2.21. The Morgan fingerprint density at radius 3 is 2.24 bits per heavy atom. The molecule has 0 aliphatic heterocycles. The summed E-state index contributed by atoms with van der Waals surface area (Å²) in [5.74, 6) is 0.931. The molecule has 1 N–H and O–H groups in total. The van der Waals surface area contributed by atoms with Crippen molar-refractivity contribution >= 4 is 0 Å². The molecule has 0 spiro atoms. The smallest absolute Gasteiger partial charge is 0.119 e. The summed E-state index contributed by atoms with van der Waals surface area (Å²) in [5.41, 5.74) is 3.90. The van der Waals surface area contributed by atoms with Gasteiger partial charge in [-0.1, -0.05) is 42.0 Å². The molecule has 2 nitrogen and oxygen atoms in total. The van der Waals surface area contributed by atoms with Crippen molar-refractivity contribution in [2.45, 2.75) is 39.8 Å². The molecule has 0 saturated carbocycles. The first-order valence-corrected chi connectivity index (χ1v) is 7.65. The maximum absolute atomic E-state index is 5.48. The summed E-state index contributed by atoms with van der Waals surface area (Å²) in [5, 5.41) is 3.65. The zero-order chi connectivity index (χ0) is 15.2. The molecule has 2 aromatic carbocycles. The molecule has 0 aromatic heterocycles. The van der Waals surface area contributed by atoms with Crippen LogP contribution in [0.25, 0.3) is 0 Å². The molecule has 2 rings (SSSR count). The van der Waals surface area contributed by atoms with Crippen molar-refractivity contribution in [3.05, 3.63) is 65.2 Å². The molecule has 2 atom stereocenters. The summed E-state index contributed by atoms with van der Waals surface area (Å²) < 4.78 is 5.48. The lowest BCUT2D eigenvalue weighted by molar-refractivity contribution is 0.340. The van der Waals surface area contributed by atoms with Crippen LogP contribution in [0.3, 0.4) is 0 Å². The summed E-state index contributed by atoms with van der Waals surface area (Å²) in [7, 11) is 0. The highest BCUT2D eigenvalue weighted by molar-refractivity contribution is 5.30. The zero-order valence-electron chi connectivity index (χ0n) is 13.4. The van der Waals surface area contributed by atoms with Gasteiger partial charge in [-0.15, -0.1) is 0 Å². The van der Waals surface area contributed by atoms with Gasteiger partial charge in [0, 0.05) is 12.1 Å². The molecule has 21 heavy (non-hydrogen) atoms. The van der Waals surface area contributed by atoms with E-state index in [1.807, 2.05) is 19.1 Å². The van der Waals surface area contributed by atoms with E-state index in [9.17, 15) is 0 Å². The summed E-state index contributed by atoms with van der Waals surface area (Å²) in [6, 6.07) is 17.6. The average molecular weight is 283 g/mol. The predicted molar refractivity (Wildman–Crippen MR) is 88.8 cm³/mol. The van der Waals surface area contributed by atoms with Crippen molar-refractivity contribution in [1.29, 1.82) is 0 Å². The molecule has 1 unspecified atom stereocenters. The van der Waals surface area contributed by atoms with Crippen LogP contribution in [0.5, 0.6) is 5.75 Å². The van der Waals surface area contributed by atoms with E-state index in [0.717, 1.165) is 5.75 Å². The van der Waals surface area contributed by atoms with E-state index in [1.165, 1.54) is 16.7 Å². The van der Waals surface area contributed by atoms with Crippen LogP contribution < -0.4 is 10.1 Å². The fourth-order valence-electron chi connectivity index (χ4n) is 2.53. The molecular formula is C19H25NO. The first-order chi connectivity index (χ1) is 10.1. The first kappa shape index (κ1) is 15.6. The lowest BCUT2D eigenvalue weighted by Crippen LogP contribution is -2.22. The quantitative estimate of drug-likeness (QED) is 0.821. The van der Waals surface area contributed by atoms with Crippen molar-refractivity contribution in [1.82, 2.24) is 5.32 Å². The molecule has 0 heterocycles. The fraction of sp³-hybridized carbons (Fsp3) is 0.368. The second-order valence-corrected chi connectivity index (χ2v) is 5.53. The molecular weight excluding hydrogens is 258 g/mol. The number of benzene rings is 2. The molecule has 2 heteroatoms. The van der Waals surface area contributed by atoms with E-state index >= 15 is 0 Å². The number of aryl methyl sites for hydroxylation is 1. The maximum Gasteiger partial charge on any atom is 0.119 e. The van der Waals surface area contributed by atoms with E-state index in [0.29, 0.717) is 18.7 Å². The lowest BCUT2D eigenvalue weighted by atomic mass is 10.0. The Hall–Kier alpha value is -1.80. The normalized spacial score (nSPS) is 13.7. The third-order valence-electron chi connectivity index (χ3n) is 3.73. The Bertz CT molecular complexity index is 562. The van der Waals surface area contributed by atoms with Crippen molar-refractivity contribution < 1.29 is 4.74 Å². The summed E-state index contributed by atoms with van der Waals surface area (Å²) in [4.78, 5) is 0.